The number of hydrogen-bond donors (Lipinski definition) is 1. The number of rotatable bonds is 4. The molecule has 0 aliphatic carbocycles. The normalized spacial score (nSPS) is 12.4. The lowest BCUT2D eigenvalue weighted by atomic mass is 10.1. The van der Waals surface area contributed by atoms with Crippen molar-refractivity contribution in [3.8, 4) is 0 Å². The van der Waals surface area contributed by atoms with Gasteiger partial charge in [0.1, 0.15) is 5.82 Å². The molecule has 0 heterocycles. The molecule has 1 nitrogen and oxygen atoms in total. The molecular weight excluding hydrogens is 373 g/mol. The van der Waals surface area contributed by atoms with Crippen LogP contribution in [0.3, 0.4) is 0 Å². The highest BCUT2D eigenvalue weighted by Gasteiger charge is 2.07. The van der Waals surface area contributed by atoms with Crippen LogP contribution in [0.15, 0.2) is 51.4 Å². The second kappa shape index (κ2) is 6.64. The molecule has 19 heavy (non-hydrogen) atoms. The number of hydrogen-bond acceptors (Lipinski definition) is 1. The van der Waals surface area contributed by atoms with Crippen LogP contribution in [-0.2, 0) is 6.54 Å². The fraction of sp³-hybridized carbons (Fsp3) is 0.200. The molecule has 0 radical (unpaired) electrons. The van der Waals surface area contributed by atoms with Crippen LogP contribution >= 0.6 is 31.9 Å². The topological polar surface area (TPSA) is 12.0 Å². The Hall–Kier alpha value is -0.710. The van der Waals surface area contributed by atoms with Gasteiger partial charge < -0.3 is 5.32 Å². The van der Waals surface area contributed by atoms with Gasteiger partial charge in [-0.2, -0.15) is 0 Å². The molecule has 2 rings (SSSR count). The zero-order chi connectivity index (χ0) is 13.8. The molecular formula is C15H14Br2FN. The Morgan fingerprint density at radius 1 is 1.11 bits per heavy atom. The van der Waals surface area contributed by atoms with Crippen molar-refractivity contribution >= 4 is 31.9 Å². The first kappa shape index (κ1) is 14.7. The summed E-state index contributed by atoms with van der Waals surface area (Å²) in [6.07, 6.45) is 0. The predicted octanol–water partition coefficient (Wildman–Crippen LogP) is 5.20. The zero-order valence-electron chi connectivity index (χ0n) is 10.5. The van der Waals surface area contributed by atoms with Crippen molar-refractivity contribution in [3.63, 3.8) is 0 Å². The maximum Gasteiger partial charge on any atom is 0.127 e. The van der Waals surface area contributed by atoms with E-state index < -0.39 is 0 Å². The average Bonchev–Trinajstić information content (AvgIpc) is 2.39. The summed E-state index contributed by atoms with van der Waals surface area (Å²) < 4.78 is 15.6. The van der Waals surface area contributed by atoms with Crippen molar-refractivity contribution in [2.45, 2.75) is 19.5 Å². The summed E-state index contributed by atoms with van der Waals surface area (Å²) in [5, 5.41) is 3.33. The molecule has 2 aromatic carbocycles. The average molecular weight is 387 g/mol. The van der Waals surface area contributed by atoms with E-state index in [1.165, 1.54) is 11.6 Å². The number of halogens is 3. The predicted molar refractivity (Wildman–Crippen MR) is 83.5 cm³/mol. The maximum absolute atomic E-state index is 13.6. The standard InChI is InChI=1S/C15H14Br2FN/c1-10(11-3-2-4-13(16)7-11)19-9-12-8-14(17)5-6-15(12)18/h2-8,10,19H,9H2,1H3/t10-/m1/s1. The van der Waals surface area contributed by atoms with E-state index in [1.807, 2.05) is 12.1 Å². The molecule has 1 atom stereocenters. The first-order valence-electron chi connectivity index (χ1n) is 5.99. The Bertz CT molecular complexity index is 572. The van der Waals surface area contributed by atoms with Crippen LogP contribution in [0.1, 0.15) is 24.1 Å². The van der Waals surface area contributed by atoms with Crippen molar-refractivity contribution in [2.24, 2.45) is 0 Å². The summed E-state index contributed by atoms with van der Waals surface area (Å²) in [7, 11) is 0. The third kappa shape index (κ3) is 4.13. The van der Waals surface area contributed by atoms with Crippen LogP contribution in [0.5, 0.6) is 0 Å². The van der Waals surface area contributed by atoms with Gasteiger partial charge in [-0.1, -0.05) is 44.0 Å². The van der Waals surface area contributed by atoms with Crippen LogP contribution in [0.25, 0.3) is 0 Å². The summed E-state index contributed by atoms with van der Waals surface area (Å²) in [6, 6.07) is 13.3. The lowest BCUT2D eigenvalue weighted by Gasteiger charge is -2.15. The molecule has 0 spiro atoms. The Morgan fingerprint density at radius 3 is 2.58 bits per heavy atom. The second-order valence-electron chi connectivity index (χ2n) is 4.39. The minimum Gasteiger partial charge on any atom is -0.306 e. The van der Waals surface area contributed by atoms with E-state index in [9.17, 15) is 4.39 Å². The number of nitrogens with one attached hydrogen (secondary N) is 1. The van der Waals surface area contributed by atoms with Crippen LogP contribution in [-0.4, -0.2) is 0 Å². The quantitative estimate of drug-likeness (QED) is 0.761. The van der Waals surface area contributed by atoms with E-state index in [1.54, 1.807) is 12.1 Å². The highest BCUT2D eigenvalue weighted by Crippen LogP contribution is 2.20. The molecule has 0 saturated carbocycles. The van der Waals surface area contributed by atoms with Gasteiger partial charge in [-0.3, -0.25) is 0 Å². The minimum atomic E-state index is -0.183. The van der Waals surface area contributed by atoms with E-state index >= 15 is 0 Å². The fourth-order valence-corrected chi connectivity index (χ4v) is 2.66. The highest BCUT2D eigenvalue weighted by atomic mass is 79.9. The van der Waals surface area contributed by atoms with E-state index in [0.29, 0.717) is 12.1 Å². The molecule has 0 aliphatic rings. The smallest absolute Gasteiger partial charge is 0.127 e. The first-order valence-corrected chi connectivity index (χ1v) is 7.57. The van der Waals surface area contributed by atoms with Gasteiger partial charge in [-0.25, -0.2) is 4.39 Å². The van der Waals surface area contributed by atoms with Gasteiger partial charge in [-0.15, -0.1) is 0 Å². The fourth-order valence-electron chi connectivity index (χ4n) is 1.84. The summed E-state index contributed by atoms with van der Waals surface area (Å²) in [4.78, 5) is 0. The molecule has 4 heteroatoms. The van der Waals surface area contributed by atoms with E-state index in [2.05, 4.69) is 56.2 Å². The molecule has 0 aromatic heterocycles. The summed E-state index contributed by atoms with van der Waals surface area (Å²) in [5.74, 6) is -0.183. The summed E-state index contributed by atoms with van der Waals surface area (Å²) >= 11 is 6.81. The zero-order valence-corrected chi connectivity index (χ0v) is 13.6. The highest BCUT2D eigenvalue weighted by molar-refractivity contribution is 9.10. The molecule has 0 unspecified atom stereocenters. The molecule has 2 aromatic rings. The Morgan fingerprint density at radius 2 is 1.84 bits per heavy atom. The van der Waals surface area contributed by atoms with Gasteiger partial charge in [0.15, 0.2) is 0 Å². The molecule has 0 aliphatic heterocycles. The Labute approximate surface area is 129 Å². The number of benzene rings is 2. The molecule has 0 bridgehead atoms. The minimum absolute atomic E-state index is 0.163. The van der Waals surface area contributed by atoms with Crippen molar-refractivity contribution in [2.75, 3.05) is 0 Å². The molecule has 100 valence electrons. The van der Waals surface area contributed by atoms with E-state index in [4.69, 9.17) is 0 Å². The maximum atomic E-state index is 13.6. The Balaban J connectivity index is 2.04. The van der Waals surface area contributed by atoms with Gasteiger partial charge in [0.05, 0.1) is 0 Å². The van der Waals surface area contributed by atoms with Crippen molar-refractivity contribution < 1.29 is 4.39 Å². The largest absolute Gasteiger partial charge is 0.306 e. The third-order valence-electron chi connectivity index (χ3n) is 2.96. The van der Waals surface area contributed by atoms with Crippen molar-refractivity contribution in [1.82, 2.24) is 5.32 Å². The summed E-state index contributed by atoms with van der Waals surface area (Å²) in [5.41, 5.74) is 1.83. The van der Waals surface area contributed by atoms with Crippen LogP contribution in [0.4, 0.5) is 4.39 Å². The van der Waals surface area contributed by atoms with Crippen LogP contribution < -0.4 is 5.32 Å². The molecule has 0 amide bonds. The van der Waals surface area contributed by atoms with Crippen LogP contribution in [0.2, 0.25) is 0 Å². The van der Waals surface area contributed by atoms with Gasteiger partial charge in [0, 0.05) is 27.1 Å². The summed E-state index contributed by atoms with van der Waals surface area (Å²) in [6.45, 7) is 2.57. The first-order chi connectivity index (χ1) is 9.06. The van der Waals surface area contributed by atoms with Gasteiger partial charge in [-0.05, 0) is 42.8 Å². The van der Waals surface area contributed by atoms with Gasteiger partial charge in [0.25, 0.3) is 0 Å². The lowest BCUT2D eigenvalue weighted by Crippen LogP contribution is -2.18. The van der Waals surface area contributed by atoms with Gasteiger partial charge in [0.2, 0.25) is 0 Å². The van der Waals surface area contributed by atoms with E-state index in [0.717, 1.165) is 8.95 Å². The third-order valence-corrected chi connectivity index (χ3v) is 3.94. The lowest BCUT2D eigenvalue weighted by molar-refractivity contribution is 0.544. The Kier molecular flexibility index (Phi) is 5.13. The second-order valence-corrected chi connectivity index (χ2v) is 6.22. The van der Waals surface area contributed by atoms with Crippen molar-refractivity contribution in [1.29, 1.82) is 0 Å². The van der Waals surface area contributed by atoms with Crippen LogP contribution in [0, 0.1) is 5.82 Å². The molecule has 0 saturated heterocycles. The van der Waals surface area contributed by atoms with Crippen molar-refractivity contribution in [3.05, 3.63) is 68.4 Å². The van der Waals surface area contributed by atoms with E-state index in [-0.39, 0.29) is 11.9 Å². The molecule has 1 N–H and O–H groups in total. The monoisotopic (exact) mass is 385 g/mol. The molecule has 0 fully saturated rings. The SMILES string of the molecule is C[C@@H](NCc1cc(Br)ccc1F)c1cccc(Br)c1. The van der Waals surface area contributed by atoms with Gasteiger partial charge >= 0.3 is 0 Å².